The van der Waals surface area contributed by atoms with E-state index in [1.165, 1.54) is 38.3 Å². The van der Waals surface area contributed by atoms with E-state index in [9.17, 15) is 9.59 Å². The molecule has 1 N–H and O–H groups in total. The van der Waals surface area contributed by atoms with Crippen LogP contribution in [0.5, 0.6) is 0 Å². The number of aromatic nitrogens is 3. The summed E-state index contributed by atoms with van der Waals surface area (Å²) in [5, 5.41) is 6.68. The zero-order valence-corrected chi connectivity index (χ0v) is 20.2. The smallest absolute Gasteiger partial charge is 0.307 e. The maximum Gasteiger partial charge on any atom is 0.307 e. The number of hydrogen-bond acceptors (Lipinski definition) is 7. The first-order valence-corrected chi connectivity index (χ1v) is 12.0. The maximum atomic E-state index is 12.6. The van der Waals surface area contributed by atoms with Crippen LogP contribution in [-0.2, 0) is 9.53 Å². The summed E-state index contributed by atoms with van der Waals surface area (Å²) in [5.41, 5.74) is 0.457. The summed E-state index contributed by atoms with van der Waals surface area (Å²) in [6.07, 6.45) is 12.8. The number of rotatable bonds is 9. The van der Waals surface area contributed by atoms with E-state index in [-0.39, 0.29) is 24.2 Å². The first-order valence-electron chi connectivity index (χ1n) is 12.0. The highest BCUT2D eigenvalue weighted by molar-refractivity contribution is 5.94. The van der Waals surface area contributed by atoms with Crippen LogP contribution in [-0.4, -0.2) is 39.6 Å². The molecule has 2 aromatic heterocycles. The second-order valence-corrected chi connectivity index (χ2v) is 9.92. The Morgan fingerprint density at radius 3 is 2.67 bits per heavy atom. The summed E-state index contributed by atoms with van der Waals surface area (Å²) < 4.78 is 11.1. The van der Waals surface area contributed by atoms with Gasteiger partial charge in [0.15, 0.2) is 0 Å². The van der Waals surface area contributed by atoms with Crippen LogP contribution in [0.4, 0.5) is 0 Å². The quantitative estimate of drug-likeness (QED) is 0.526. The Morgan fingerprint density at radius 1 is 1.21 bits per heavy atom. The van der Waals surface area contributed by atoms with Crippen molar-refractivity contribution in [1.82, 2.24) is 20.4 Å². The number of carbonyl (C=O) groups excluding carboxylic acids is 2. The fourth-order valence-corrected chi connectivity index (χ4v) is 4.37. The summed E-state index contributed by atoms with van der Waals surface area (Å²) in [6, 6.07) is 1.67. The molecule has 3 rings (SSSR count). The van der Waals surface area contributed by atoms with Gasteiger partial charge in [-0.1, -0.05) is 50.1 Å². The van der Waals surface area contributed by atoms with Crippen molar-refractivity contribution >= 4 is 11.9 Å². The van der Waals surface area contributed by atoms with Crippen LogP contribution in [0.15, 0.2) is 23.0 Å². The monoisotopic (exact) mass is 456 g/mol. The minimum absolute atomic E-state index is 0.195. The van der Waals surface area contributed by atoms with Crippen molar-refractivity contribution in [1.29, 1.82) is 0 Å². The molecule has 0 saturated heterocycles. The van der Waals surface area contributed by atoms with E-state index in [1.807, 2.05) is 20.8 Å². The van der Waals surface area contributed by atoms with E-state index >= 15 is 0 Å². The van der Waals surface area contributed by atoms with Gasteiger partial charge in [0.05, 0.1) is 12.0 Å². The topological polar surface area (TPSA) is 107 Å². The van der Waals surface area contributed by atoms with Gasteiger partial charge >= 0.3 is 5.97 Å². The molecule has 1 atom stereocenters. The Labute approximate surface area is 195 Å². The van der Waals surface area contributed by atoms with Gasteiger partial charge in [-0.2, -0.15) is 4.98 Å². The fraction of sp³-hybridized carbons (Fsp3) is 0.640. The molecule has 0 bridgehead atoms. The Hall–Kier alpha value is -2.77. The lowest BCUT2D eigenvalue weighted by atomic mass is 9.84. The van der Waals surface area contributed by atoms with Gasteiger partial charge in [-0.25, -0.2) is 0 Å². The second kappa shape index (κ2) is 11.4. The van der Waals surface area contributed by atoms with Crippen LogP contribution in [0.2, 0.25) is 0 Å². The molecule has 0 aromatic carbocycles. The van der Waals surface area contributed by atoms with Crippen molar-refractivity contribution in [3.63, 3.8) is 0 Å². The first kappa shape index (κ1) is 24.9. The number of nitrogens with zero attached hydrogens (tertiary/aromatic N) is 3. The molecular weight excluding hydrogens is 420 g/mol. The third-order valence-electron chi connectivity index (χ3n) is 6.00. The number of ether oxygens (including phenoxy) is 1. The molecule has 1 amide bonds. The van der Waals surface area contributed by atoms with Crippen LogP contribution in [0.3, 0.4) is 0 Å². The summed E-state index contributed by atoms with van der Waals surface area (Å²) >= 11 is 0. The highest BCUT2D eigenvalue weighted by Gasteiger charge is 2.26. The molecule has 0 radical (unpaired) electrons. The Kier molecular flexibility index (Phi) is 8.58. The minimum atomic E-state index is -0.546. The summed E-state index contributed by atoms with van der Waals surface area (Å²) in [5.74, 6) is 0.832. The lowest BCUT2D eigenvalue weighted by molar-refractivity contribution is -0.155. The number of nitrogens with one attached hydrogen (secondary N) is 1. The standard InChI is InChI=1S/C25H36N4O4/c1-25(2,3)32-21(30)14-18(12-8-11-17-9-6-5-7-10-17)24-28-22(29-33-24)19-13-20(16-27-15-19)23(31)26-4/h13,15-18H,5-12,14H2,1-4H3,(H,26,31)/t18-/m1/s1. The summed E-state index contributed by atoms with van der Waals surface area (Å²) in [6.45, 7) is 5.58. The Morgan fingerprint density at radius 2 is 1.97 bits per heavy atom. The summed E-state index contributed by atoms with van der Waals surface area (Å²) in [7, 11) is 1.57. The molecule has 1 aliphatic rings. The molecule has 1 fully saturated rings. The lowest BCUT2D eigenvalue weighted by Gasteiger charge is -2.23. The normalized spacial score (nSPS) is 15.8. The van der Waals surface area contributed by atoms with Crippen LogP contribution >= 0.6 is 0 Å². The molecule has 8 heteroatoms. The van der Waals surface area contributed by atoms with Gasteiger partial charge in [0.2, 0.25) is 11.7 Å². The fourth-order valence-electron chi connectivity index (χ4n) is 4.37. The maximum absolute atomic E-state index is 12.6. The predicted octanol–water partition coefficient (Wildman–Crippen LogP) is 5.06. The van der Waals surface area contributed by atoms with Crippen LogP contribution in [0.25, 0.3) is 11.4 Å². The van der Waals surface area contributed by atoms with Gasteiger partial charge in [0, 0.05) is 30.9 Å². The third kappa shape index (κ3) is 7.65. The number of hydrogen-bond donors (Lipinski definition) is 1. The molecule has 0 spiro atoms. The third-order valence-corrected chi connectivity index (χ3v) is 6.00. The zero-order valence-electron chi connectivity index (χ0n) is 20.2. The zero-order chi connectivity index (χ0) is 23.8. The van der Waals surface area contributed by atoms with E-state index in [4.69, 9.17) is 9.26 Å². The van der Waals surface area contributed by atoms with Gasteiger partial charge in [-0.3, -0.25) is 14.6 Å². The largest absolute Gasteiger partial charge is 0.460 e. The molecule has 2 aromatic rings. The second-order valence-electron chi connectivity index (χ2n) is 9.92. The molecule has 0 aliphatic heterocycles. The highest BCUT2D eigenvalue weighted by atomic mass is 16.6. The number of amides is 1. The van der Waals surface area contributed by atoms with Gasteiger partial charge < -0.3 is 14.6 Å². The first-order chi connectivity index (χ1) is 15.7. The SMILES string of the molecule is CNC(=O)c1cncc(-c2noc([C@H](CCCC3CCCCC3)CC(=O)OC(C)(C)C)n2)c1. The van der Waals surface area contributed by atoms with Crippen LogP contribution in [0.1, 0.15) is 101 Å². The average molecular weight is 457 g/mol. The van der Waals surface area contributed by atoms with Crippen molar-refractivity contribution in [2.75, 3.05) is 7.05 Å². The molecular formula is C25H36N4O4. The van der Waals surface area contributed by atoms with Gasteiger partial charge in [0.25, 0.3) is 5.91 Å². The molecule has 180 valence electrons. The molecule has 0 unspecified atom stereocenters. The Balaban J connectivity index is 1.73. The molecule has 1 saturated carbocycles. The number of pyridine rings is 1. The van der Waals surface area contributed by atoms with E-state index in [0.717, 1.165) is 25.2 Å². The van der Waals surface area contributed by atoms with E-state index in [2.05, 4.69) is 20.4 Å². The lowest BCUT2D eigenvalue weighted by Crippen LogP contribution is -2.25. The van der Waals surface area contributed by atoms with Crippen molar-refractivity contribution < 1.29 is 18.8 Å². The minimum Gasteiger partial charge on any atom is -0.460 e. The van der Waals surface area contributed by atoms with E-state index in [0.29, 0.717) is 22.8 Å². The summed E-state index contributed by atoms with van der Waals surface area (Å²) in [4.78, 5) is 33.2. The van der Waals surface area contributed by atoms with Crippen LogP contribution < -0.4 is 5.32 Å². The average Bonchev–Trinajstić information content (AvgIpc) is 3.28. The number of esters is 1. The van der Waals surface area contributed by atoms with Gasteiger partial charge in [-0.15, -0.1) is 0 Å². The molecule has 8 nitrogen and oxygen atoms in total. The number of carbonyl (C=O) groups is 2. The van der Waals surface area contributed by atoms with Crippen molar-refractivity contribution in [3.05, 3.63) is 29.9 Å². The van der Waals surface area contributed by atoms with Gasteiger partial charge in [0.1, 0.15) is 5.60 Å². The van der Waals surface area contributed by atoms with Crippen LogP contribution in [0, 0.1) is 5.92 Å². The van der Waals surface area contributed by atoms with E-state index < -0.39 is 5.60 Å². The molecule has 2 heterocycles. The molecule has 33 heavy (non-hydrogen) atoms. The van der Waals surface area contributed by atoms with Gasteiger partial charge in [-0.05, 0) is 39.2 Å². The van der Waals surface area contributed by atoms with Crippen molar-refractivity contribution in [2.24, 2.45) is 5.92 Å². The highest BCUT2D eigenvalue weighted by Crippen LogP contribution is 2.32. The van der Waals surface area contributed by atoms with E-state index in [1.54, 1.807) is 19.3 Å². The van der Waals surface area contributed by atoms with Crippen molar-refractivity contribution in [3.8, 4) is 11.4 Å². The van der Waals surface area contributed by atoms with Crippen molar-refractivity contribution in [2.45, 2.75) is 90.1 Å². The predicted molar refractivity (Wildman–Crippen MR) is 125 cm³/mol. The Bertz CT molecular complexity index is 928. The molecule has 1 aliphatic carbocycles.